The molecule has 0 spiro atoms. The van der Waals surface area contributed by atoms with E-state index in [-0.39, 0.29) is 12.0 Å². The van der Waals surface area contributed by atoms with Gasteiger partial charge in [-0.05, 0) is 49.4 Å². The lowest BCUT2D eigenvalue weighted by molar-refractivity contribution is -0.105. The van der Waals surface area contributed by atoms with Gasteiger partial charge in [0.15, 0.2) is 5.43 Å². The molecule has 4 nitrogen and oxygen atoms in total. The van der Waals surface area contributed by atoms with Gasteiger partial charge in [-0.15, -0.1) is 0 Å². The number of ether oxygens (including phenoxy) is 1. The van der Waals surface area contributed by atoms with Crippen LogP contribution in [0.25, 0.3) is 28.4 Å². The van der Waals surface area contributed by atoms with E-state index < -0.39 is 0 Å². The Hall–Kier alpha value is -2.85. The van der Waals surface area contributed by atoms with E-state index >= 15 is 0 Å². The van der Waals surface area contributed by atoms with Gasteiger partial charge in [0, 0.05) is 21.7 Å². The lowest BCUT2D eigenvalue weighted by atomic mass is 10.0. The zero-order valence-corrected chi connectivity index (χ0v) is 14.1. The highest BCUT2D eigenvalue weighted by atomic mass is 35.5. The lowest BCUT2D eigenvalue weighted by Crippen LogP contribution is -2.11. The SMILES string of the molecule is Cc1c(-c2ccc(Cl)cc2)oc2c3c(ccc2c1=O)OCC(C=O)=C3. The number of hydrogen-bond acceptors (Lipinski definition) is 4. The van der Waals surface area contributed by atoms with Crippen molar-refractivity contribution in [3.8, 4) is 17.1 Å². The number of benzene rings is 2. The monoisotopic (exact) mass is 352 g/mol. The topological polar surface area (TPSA) is 56.5 Å². The first-order chi connectivity index (χ1) is 12.1. The van der Waals surface area contributed by atoms with Gasteiger partial charge >= 0.3 is 0 Å². The van der Waals surface area contributed by atoms with Crippen LogP contribution in [-0.2, 0) is 4.79 Å². The number of aldehydes is 1. The zero-order valence-electron chi connectivity index (χ0n) is 13.3. The van der Waals surface area contributed by atoms with Gasteiger partial charge in [-0.1, -0.05) is 11.6 Å². The van der Waals surface area contributed by atoms with Crippen LogP contribution < -0.4 is 10.2 Å². The van der Waals surface area contributed by atoms with E-state index in [4.69, 9.17) is 20.8 Å². The fourth-order valence-electron chi connectivity index (χ4n) is 2.95. The van der Waals surface area contributed by atoms with Crippen LogP contribution in [0.5, 0.6) is 5.75 Å². The first-order valence-corrected chi connectivity index (χ1v) is 8.11. The molecule has 1 aliphatic rings. The van der Waals surface area contributed by atoms with Crippen LogP contribution in [0, 0.1) is 6.92 Å². The fraction of sp³-hybridized carbons (Fsp3) is 0.100. The number of rotatable bonds is 2. The molecule has 0 saturated carbocycles. The standard InChI is InChI=1S/C20H13ClO4/c1-11-18(23)15-6-7-17-16(8-12(9-22)10-24-17)20(15)25-19(11)13-2-4-14(21)5-3-13/h2-9H,10H2,1H3. The predicted molar refractivity (Wildman–Crippen MR) is 97.2 cm³/mol. The zero-order chi connectivity index (χ0) is 17.6. The number of carbonyl (C=O) groups excluding carboxylic acids is 1. The van der Waals surface area contributed by atoms with Crippen molar-refractivity contribution in [3.05, 3.63) is 68.3 Å². The molecule has 5 heteroatoms. The lowest BCUT2D eigenvalue weighted by Gasteiger charge is -2.17. The molecule has 0 N–H and O–H groups in total. The first-order valence-electron chi connectivity index (χ1n) is 7.73. The molecule has 0 saturated heterocycles. The smallest absolute Gasteiger partial charge is 0.196 e. The number of carbonyl (C=O) groups is 1. The van der Waals surface area contributed by atoms with E-state index in [2.05, 4.69) is 0 Å². The van der Waals surface area contributed by atoms with Crippen molar-refractivity contribution in [2.24, 2.45) is 0 Å². The third kappa shape index (κ3) is 2.55. The van der Waals surface area contributed by atoms with Crippen LogP contribution in [0.3, 0.4) is 0 Å². The molecule has 0 aliphatic carbocycles. The quantitative estimate of drug-likeness (QED) is 0.641. The van der Waals surface area contributed by atoms with E-state index in [0.29, 0.717) is 44.2 Å². The molecule has 4 rings (SSSR count). The second kappa shape index (κ2) is 5.90. The van der Waals surface area contributed by atoms with Crippen LogP contribution >= 0.6 is 11.6 Å². The first kappa shape index (κ1) is 15.7. The molecule has 0 bridgehead atoms. The molecule has 0 unspecified atom stereocenters. The average Bonchev–Trinajstić information content (AvgIpc) is 2.64. The summed E-state index contributed by atoms with van der Waals surface area (Å²) in [5.74, 6) is 1.07. The third-order valence-corrected chi connectivity index (χ3v) is 4.52. The van der Waals surface area contributed by atoms with Gasteiger partial charge in [0.05, 0.1) is 10.9 Å². The average molecular weight is 353 g/mol. The minimum absolute atomic E-state index is 0.111. The molecule has 0 atom stereocenters. The van der Waals surface area contributed by atoms with Crippen LogP contribution in [0.1, 0.15) is 11.1 Å². The minimum atomic E-state index is -0.111. The summed E-state index contributed by atoms with van der Waals surface area (Å²) in [4.78, 5) is 23.9. The predicted octanol–water partition coefficient (Wildman–Crippen LogP) is 4.40. The largest absolute Gasteiger partial charge is 0.488 e. The van der Waals surface area contributed by atoms with Crippen molar-refractivity contribution < 1.29 is 13.9 Å². The van der Waals surface area contributed by atoms with E-state index in [1.807, 2.05) is 0 Å². The van der Waals surface area contributed by atoms with E-state index in [1.165, 1.54) is 0 Å². The second-order valence-electron chi connectivity index (χ2n) is 5.87. The summed E-state index contributed by atoms with van der Waals surface area (Å²) in [5.41, 5.74) is 2.69. The molecule has 1 aliphatic heterocycles. The van der Waals surface area contributed by atoms with E-state index in [1.54, 1.807) is 49.4 Å². The van der Waals surface area contributed by atoms with Crippen LogP contribution in [0.2, 0.25) is 5.02 Å². The van der Waals surface area contributed by atoms with Crippen molar-refractivity contribution in [3.63, 3.8) is 0 Å². The molecular weight excluding hydrogens is 340 g/mol. The highest BCUT2D eigenvalue weighted by Crippen LogP contribution is 2.35. The third-order valence-electron chi connectivity index (χ3n) is 4.27. The van der Waals surface area contributed by atoms with Gasteiger partial charge in [0.1, 0.15) is 30.0 Å². The van der Waals surface area contributed by atoms with Crippen LogP contribution in [0.15, 0.2) is 51.2 Å². The Morgan fingerprint density at radius 3 is 2.60 bits per heavy atom. The molecule has 2 aromatic carbocycles. The van der Waals surface area contributed by atoms with Crippen molar-refractivity contribution in [1.29, 1.82) is 0 Å². The molecule has 124 valence electrons. The van der Waals surface area contributed by atoms with Gasteiger partial charge in [0.25, 0.3) is 0 Å². The van der Waals surface area contributed by atoms with E-state index in [9.17, 15) is 9.59 Å². The highest BCUT2D eigenvalue weighted by molar-refractivity contribution is 6.30. The molecule has 2 heterocycles. The van der Waals surface area contributed by atoms with Crippen molar-refractivity contribution in [2.45, 2.75) is 6.92 Å². The molecular formula is C20H13ClO4. The molecule has 0 amide bonds. The van der Waals surface area contributed by atoms with E-state index in [0.717, 1.165) is 11.8 Å². The Labute approximate surface area is 148 Å². The summed E-state index contributed by atoms with van der Waals surface area (Å²) in [6.07, 6.45) is 2.45. The Morgan fingerprint density at radius 2 is 1.88 bits per heavy atom. The molecule has 1 aromatic heterocycles. The van der Waals surface area contributed by atoms with Crippen LogP contribution in [-0.4, -0.2) is 12.9 Å². The fourth-order valence-corrected chi connectivity index (χ4v) is 3.08. The van der Waals surface area contributed by atoms with Gasteiger partial charge in [-0.2, -0.15) is 0 Å². The summed E-state index contributed by atoms with van der Waals surface area (Å²) in [6, 6.07) is 10.5. The Balaban J connectivity index is 2.06. The van der Waals surface area contributed by atoms with Gasteiger partial charge in [-0.3, -0.25) is 9.59 Å². The van der Waals surface area contributed by atoms with Gasteiger partial charge in [0.2, 0.25) is 0 Å². The summed E-state index contributed by atoms with van der Waals surface area (Å²) in [6.45, 7) is 1.94. The summed E-state index contributed by atoms with van der Waals surface area (Å²) in [5, 5.41) is 1.06. The number of fused-ring (bicyclic) bond motifs is 3. The normalized spacial score (nSPS) is 13.1. The van der Waals surface area contributed by atoms with Crippen molar-refractivity contribution >= 4 is 34.9 Å². The van der Waals surface area contributed by atoms with Gasteiger partial charge < -0.3 is 9.15 Å². The molecule has 25 heavy (non-hydrogen) atoms. The second-order valence-corrected chi connectivity index (χ2v) is 6.31. The maximum Gasteiger partial charge on any atom is 0.196 e. The summed E-state index contributed by atoms with van der Waals surface area (Å²) < 4.78 is 11.7. The Kier molecular flexibility index (Phi) is 3.70. The van der Waals surface area contributed by atoms with Gasteiger partial charge in [-0.25, -0.2) is 0 Å². The molecule has 0 radical (unpaired) electrons. The Bertz CT molecular complexity index is 1090. The van der Waals surface area contributed by atoms with Crippen molar-refractivity contribution in [1.82, 2.24) is 0 Å². The molecule has 0 fully saturated rings. The van der Waals surface area contributed by atoms with Crippen LogP contribution in [0.4, 0.5) is 0 Å². The maximum atomic E-state index is 12.8. The minimum Gasteiger partial charge on any atom is -0.488 e. The molecule has 3 aromatic rings. The van der Waals surface area contributed by atoms with Crippen molar-refractivity contribution in [2.75, 3.05) is 6.61 Å². The number of halogens is 1. The Morgan fingerprint density at radius 1 is 1.12 bits per heavy atom. The summed E-state index contributed by atoms with van der Waals surface area (Å²) >= 11 is 5.94. The highest BCUT2D eigenvalue weighted by Gasteiger charge is 2.20. The summed E-state index contributed by atoms with van der Waals surface area (Å²) in [7, 11) is 0. The maximum absolute atomic E-state index is 12.8. The number of hydrogen-bond donors (Lipinski definition) is 0.